The van der Waals surface area contributed by atoms with Crippen molar-refractivity contribution in [2.24, 2.45) is 0 Å². The number of oxazole rings is 1. The lowest BCUT2D eigenvalue weighted by Crippen LogP contribution is -2.32. The Bertz CT molecular complexity index is 1650. The number of rotatable bonds is 6. The smallest absolute Gasteiger partial charge is 0.250 e. The van der Waals surface area contributed by atoms with Crippen molar-refractivity contribution >= 4 is 57.7 Å². The number of thiocarbonyl (C=S) groups is 1. The number of anilines is 1. The average Bonchev–Trinajstić information content (AvgIpc) is 3.56. The first-order valence-corrected chi connectivity index (χ1v) is 12.8. The van der Waals surface area contributed by atoms with E-state index in [1.54, 1.807) is 30.3 Å². The van der Waals surface area contributed by atoms with Gasteiger partial charge in [-0.1, -0.05) is 61.8 Å². The molecule has 0 bridgehead atoms. The van der Waals surface area contributed by atoms with Crippen molar-refractivity contribution in [1.29, 1.82) is 0 Å². The van der Waals surface area contributed by atoms with Gasteiger partial charge in [0.1, 0.15) is 17.0 Å². The number of furan rings is 1. The first kappa shape index (κ1) is 25.4. The predicted octanol–water partition coefficient (Wildman–Crippen LogP) is 8.06. The molecule has 8 heteroatoms. The van der Waals surface area contributed by atoms with Gasteiger partial charge in [0.15, 0.2) is 10.7 Å². The summed E-state index contributed by atoms with van der Waals surface area (Å²) in [6.07, 6.45) is 2.95. The summed E-state index contributed by atoms with van der Waals surface area (Å²) in [6, 6.07) is 24.6. The van der Waals surface area contributed by atoms with Crippen LogP contribution in [0.3, 0.4) is 0 Å². The zero-order valence-corrected chi connectivity index (χ0v) is 22.3. The third kappa shape index (κ3) is 5.85. The fraction of sp³-hybridized carbons (Fsp3) is 0.100. The van der Waals surface area contributed by atoms with Gasteiger partial charge in [-0.25, -0.2) is 4.98 Å². The van der Waals surface area contributed by atoms with Crippen LogP contribution in [0, 0.1) is 0 Å². The van der Waals surface area contributed by atoms with Crippen molar-refractivity contribution in [2.75, 3.05) is 5.32 Å². The van der Waals surface area contributed by atoms with Gasteiger partial charge in [0.05, 0.1) is 10.6 Å². The van der Waals surface area contributed by atoms with E-state index in [1.807, 2.05) is 54.6 Å². The summed E-state index contributed by atoms with van der Waals surface area (Å²) >= 11 is 11.8. The van der Waals surface area contributed by atoms with E-state index in [9.17, 15) is 4.79 Å². The van der Waals surface area contributed by atoms with E-state index < -0.39 is 5.91 Å². The number of nitrogens with zero attached hydrogens (tertiary/aromatic N) is 1. The molecule has 2 N–H and O–H groups in total. The second-order valence-electron chi connectivity index (χ2n) is 8.94. The van der Waals surface area contributed by atoms with E-state index >= 15 is 0 Å². The van der Waals surface area contributed by atoms with Gasteiger partial charge in [0.2, 0.25) is 11.8 Å². The maximum absolute atomic E-state index is 12.4. The van der Waals surface area contributed by atoms with Crippen LogP contribution in [0.1, 0.15) is 31.1 Å². The largest absolute Gasteiger partial charge is 0.457 e. The lowest BCUT2D eigenvalue weighted by molar-refractivity contribution is -0.115. The van der Waals surface area contributed by atoms with E-state index in [0.717, 1.165) is 16.8 Å². The minimum absolute atomic E-state index is 0.136. The molecule has 0 aliphatic rings. The highest BCUT2D eigenvalue weighted by Crippen LogP contribution is 2.33. The molecular weight excluding hydrogens is 518 g/mol. The van der Waals surface area contributed by atoms with Crippen molar-refractivity contribution in [2.45, 2.75) is 19.8 Å². The number of aromatic nitrogens is 1. The number of carbonyl (C=O) groups is 1. The second-order valence-corrected chi connectivity index (χ2v) is 9.76. The van der Waals surface area contributed by atoms with Crippen LogP contribution >= 0.6 is 23.8 Å². The third-order valence-corrected chi connectivity index (χ3v) is 6.39. The standard InChI is InChI=1S/C30H24ClN3O3S/c1-18(2)20-8-13-27-25(16-20)33-29(37-27)23-17-21(9-12-24(23)31)32-30(38)34-28(35)15-11-22-10-14-26(36-22)19-6-4-3-5-7-19/h3-18H,1-2H3,(H2,32,34,35,38)/b15-11+. The maximum Gasteiger partial charge on any atom is 0.250 e. The van der Waals surface area contributed by atoms with Crippen LogP contribution in [0.5, 0.6) is 0 Å². The molecule has 0 spiro atoms. The Morgan fingerprint density at radius 2 is 1.82 bits per heavy atom. The van der Waals surface area contributed by atoms with Gasteiger partial charge < -0.3 is 14.2 Å². The van der Waals surface area contributed by atoms with Crippen LogP contribution in [-0.4, -0.2) is 16.0 Å². The van der Waals surface area contributed by atoms with Gasteiger partial charge >= 0.3 is 0 Å². The highest BCUT2D eigenvalue weighted by atomic mass is 35.5. The Morgan fingerprint density at radius 3 is 2.61 bits per heavy atom. The fourth-order valence-electron chi connectivity index (χ4n) is 3.86. The molecule has 0 atom stereocenters. The number of amides is 1. The summed E-state index contributed by atoms with van der Waals surface area (Å²) in [5.41, 5.74) is 4.83. The number of hydrogen-bond donors (Lipinski definition) is 2. The lowest BCUT2D eigenvalue weighted by Gasteiger charge is -2.09. The summed E-state index contributed by atoms with van der Waals surface area (Å²) in [4.78, 5) is 17.0. The fourth-order valence-corrected chi connectivity index (χ4v) is 4.28. The van der Waals surface area contributed by atoms with Crippen LogP contribution in [-0.2, 0) is 4.79 Å². The van der Waals surface area contributed by atoms with E-state index in [2.05, 4.69) is 29.5 Å². The van der Waals surface area contributed by atoms with Gasteiger partial charge in [-0.05, 0) is 72.2 Å². The molecule has 3 aromatic carbocycles. The molecule has 5 rings (SSSR count). The Morgan fingerprint density at radius 1 is 1.00 bits per heavy atom. The lowest BCUT2D eigenvalue weighted by atomic mass is 10.0. The Balaban J connectivity index is 1.24. The molecule has 2 aromatic heterocycles. The summed E-state index contributed by atoms with van der Waals surface area (Å²) < 4.78 is 11.7. The quantitative estimate of drug-likeness (QED) is 0.167. The van der Waals surface area contributed by atoms with Gasteiger partial charge in [-0.3, -0.25) is 10.1 Å². The second kappa shape index (κ2) is 11.0. The summed E-state index contributed by atoms with van der Waals surface area (Å²) in [6.45, 7) is 4.26. The van der Waals surface area contributed by atoms with Crippen LogP contribution in [0.2, 0.25) is 5.02 Å². The zero-order valence-electron chi connectivity index (χ0n) is 20.7. The van der Waals surface area contributed by atoms with E-state index in [4.69, 9.17) is 32.7 Å². The first-order valence-electron chi connectivity index (χ1n) is 12.0. The normalized spacial score (nSPS) is 11.4. The molecule has 0 fully saturated rings. The van der Waals surface area contributed by atoms with Crippen LogP contribution < -0.4 is 10.6 Å². The predicted molar refractivity (Wildman–Crippen MR) is 156 cm³/mol. The number of nitrogens with one attached hydrogen (secondary N) is 2. The average molecular weight is 542 g/mol. The number of hydrogen-bond acceptors (Lipinski definition) is 5. The summed E-state index contributed by atoms with van der Waals surface area (Å²) in [7, 11) is 0. The van der Waals surface area contributed by atoms with Crippen LogP contribution in [0.15, 0.2) is 93.8 Å². The Labute approximate surface area is 230 Å². The van der Waals surface area contributed by atoms with E-state index in [0.29, 0.717) is 39.4 Å². The van der Waals surface area contributed by atoms with Gasteiger partial charge in [-0.15, -0.1) is 0 Å². The monoisotopic (exact) mass is 541 g/mol. The topological polar surface area (TPSA) is 80.3 Å². The van der Waals surface area contributed by atoms with Crippen molar-refractivity contribution in [1.82, 2.24) is 10.3 Å². The van der Waals surface area contributed by atoms with Crippen molar-refractivity contribution in [3.8, 4) is 22.8 Å². The highest BCUT2D eigenvalue weighted by molar-refractivity contribution is 7.80. The van der Waals surface area contributed by atoms with Gasteiger partial charge in [-0.2, -0.15) is 0 Å². The molecule has 6 nitrogen and oxygen atoms in total. The van der Waals surface area contributed by atoms with Gasteiger partial charge in [0.25, 0.3) is 0 Å². The first-order chi connectivity index (χ1) is 18.4. The van der Waals surface area contributed by atoms with Crippen molar-refractivity contribution in [3.05, 3.63) is 101 Å². The minimum Gasteiger partial charge on any atom is -0.457 e. The molecule has 0 saturated heterocycles. The van der Waals surface area contributed by atoms with E-state index in [-0.39, 0.29) is 5.11 Å². The van der Waals surface area contributed by atoms with Gasteiger partial charge in [0, 0.05) is 17.3 Å². The highest BCUT2D eigenvalue weighted by Gasteiger charge is 2.14. The van der Waals surface area contributed by atoms with Crippen molar-refractivity contribution < 1.29 is 13.6 Å². The molecule has 0 aliphatic heterocycles. The SMILES string of the molecule is CC(C)c1ccc2oc(-c3cc(NC(=S)NC(=O)/C=C/c4ccc(-c5ccccc5)o4)ccc3Cl)nc2c1. The molecule has 0 aliphatic carbocycles. The van der Waals surface area contributed by atoms with Crippen molar-refractivity contribution in [3.63, 3.8) is 0 Å². The Hall–Kier alpha value is -4.20. The summed E-state index contributed by atoms with van der Waals surface area (Å²) in [5, 5.41) is 6.26. The third-order valence-electron chi connectivity index (χ3n) is 5.85. The van der Waals surface area contributed by atoms with E-state index in [1.165, 1.54) is 11.6 Å². The van der Waals surface area contributed by atoms with Crippen LogP contribution in [0.4, 0.5) is 5.69 Å². The minimum atomic E-state index is -0.394. The number of benzene rings is 3. The molecule has 0 unspecified atom stereocenters. The molecule has 0 saturated carbocycles. The molecule has 190 valence electrons. The molecule has 5 aromatic rings. The summed E-state index contributed by atoms with van der Waals surface area (Å²) in [5.74, 6) is 1.67. The molecular formula is C30H24ClN3O3S. The Kier molecular flexibility index (Phi) is 7.40. The van der Waals surface area contributed by atoms with Crippen LogP contribution in [0.25, 0.3) is 40.0 Å². The molecule has 38 heavy (non-hydrogen) atoms. The maximum atomic E-state index is 12.4. The zero-order chi connectivity index (χ0) is 26.6. The number of halogens is 1. The molecule has 0 radical (unpaired) electrons. The number of fused-ring (bicyclic) bond motifs is 1. The molecule has 2 heterocycles. The molecule has 1 amide bonds. The number of carbonyl (C=O) groups excluding carboxylic acids is 1.